The fraction of sp³-hybridized carbons (Fsp3) is 0.167. The summed E-state index contributed by atoms with van der Waals surface area (Å²) in [7, 11) is 0. The quantitative estimate of drug-likeness (QED) is 0.784. The van der Waals surface area contributed by atoms with Crippen LogP contribution in [0.15, 0.2) is 55.1 Å². The van der Waals surface area contributed by atoms with Crippen molar-refractivity contribution >= 4 is 23.2 Å². The Kier molecular flexibility index (Phi) is 4.11. The molecule has 1 aliphatic heterocycles. The molecule has 1 atom stereocenters. The molecule has 1 unspecified atom stereocenters. The van der Waals surface area contributed by atoms with Gasteiger partial charge in [-0.15, -0.1) is 0 Å². The number of nitrogens with one attached hydrogen (secondary N) is 1. The normalized spacial score (nSPS) is 16.0. The van der Waals surface area contributed by atoms with E-state index >= 15 is 0 Å². The van der Waals surface area contributed by atoms with Gasteiger partial charge < -0.3 is 10.1 Å². The van der Waals surface area contributed by atoms with Crippen molar-refractivity contribution in [2.24, 2.45) is 5.92 Å². The number of carbonyl (C=O) groups excluding carboxylic acids is 1. The first-order valence-corrected chi connectivity index (χ1v) is 8.24. The first kappa shape index (κ1) is 15.7. The van der Waals surface area contributed by atoms with Gasteiger partial charge in [-0.05, 0) is 36.2 Å². The molecule has 4 rings (SSSR count). The molecule has 0 spiro atoms. The largest absolute Gasteiger partial charge is 0.492 e. The number of nitrogens with zero attached hydrogens (tertiary/aromatic N) is 3. The predicted octanol–water partition coefficient (Wildman–Crippen LogP) is 3.11. The topological polar surface area (TPSA) is 69.0 Å². The van der Waals surface area contributed by atoms with Crippen LogP contribution in [0.25, 0.3) is 5.69 Å². The van der Waals surface area contributed by atoms with Gasteiger partial charge in [-0.3, -0.25) is 4.79 Å². The highest BCUT2D eigenvalue weighted by Gasteiger charge is 2.26. The fourth-order valence-electron chi connectivity index (χ4n) is 2.87. The third-order valence-corrected chi connectivity index (χ3v) is 4.37. The first-order valence-electron chi connectivity index (χ1n) is 7.87. The smallest absolute Gasteiger partial charge is 0.231 e. The van der Waals surface area contributed by atoms with Crippen molar-refractivity contribution < 1.29 is 9.53 Å². The number of hydrogen-bond acceptors (Lipinski definition) is 4. The minimum Gasteiger partial charge on any atom is -0.492 e. The van der Waals surface area contributed by atoms with Gasteiger partial charge in [-0.25, -0.2) is 9.67 Å². The number of para-hydroxylation sites is 1. The Labute approximate surface area is 149 Å². The lowest BCUT2D eigenvalue weighted by molar-refractivity contribution is -0.121. The maximum atomic E-state index is 12.7. The van der Waals surface area contributed by atoms with E-state index in [4.69, 9.17) is 16.3 Å². The zero-order valence-electron chi connectivity index (χ0n) is 13.2. The van der Waals surface area contributed by atoms with Crippen molar-refractivity contribution in [3.63, 3.8) is 0 Å². The molecule has 3 aromatic rings. The minimum absolute atomic E-state index is 0.113. The number of fused-ring (bicyclic) bond motifs is 1. The molecule has 7 heteroatoms. The first-order chi connectivity index (χ1) is 12.2. The molecular weight excluding hydrogens is 340 g/mol. The molecule has 0 radical (unpaired) electrons. The molecule has 2 heterocycles. The predicted molar refractivity (Wildman–Crippen MR) is 94.1 cm³/mol. The van der Waals surface area contributed by atoms with E-state index in [1.54, 1.807) is 29.2 Å². The van der Waals surface area contributed by atoms with Crippen LogP contribution in [0.2, 0.25) is 5.02 Å². The van der Waals surface area contributed by atoms with Gasteiger partial charge in [0.15, 0.2) is 0 Å². The van der Waals surface area contributed by atoms with Crippen LogP contribution in [-0.2, 0) is 11.2 Å². The molecule has 25 heavy (non-hydrogen) atoms. The van der Waals surface area contributed by atoms with E-state index in [0.29, 0.717) is 29.4 Å². The summed E-state index contributed by atoms with van der Waals surface area (Å²) in [5.74, 6) is 0.466. The van der Waals surface area contributed by atoms with Crippen molar-refractivity contribution in [2.45, 2.75) is 6.42 Å². The lowest BCUT2D eigenvalue weighted by atomic mass is 9.96. The summed E-state index contributed by atoms with van der Waals surface area (Å²) < 4.78 is 7.29. The van der Waals surface area contributed by atoms with E-state index in [1.807, 2.05) is 24.3 Å². The molecule has 0 saturated heterocycles. The second-order valence-electron chi connectivity index (χ2n) is 5.81. The molecule has 1 aromatic heterocycles. The van der Waals surface area contributed by atoms with Crippen molar-refractivity contribution in [2.75, 3.05) is 11.9 Å². The van der Waals surface area contributed by atoms with Gasteiger partial charge in [0, 0.05) is 5.02 Å². The summed E-state index contributed by atoms with van der Waals surface area (Å²) in [6.07, 6.45) is 3.65. The van der Waals surface area contributed by atoms with Crippen LogP contribution in [-0.4, -0.2) is 27.3 Å². The molecule has 0 fully saturated rings. The number of benzene rings is 2. The number of ether oxygens (including phenoxy) is 1. The van der Waals surface area contributed by atoms with Gasteiger partial charge in [-0.2, -0.15) is 5.10 Å². The summed E-state index contributed by atoms with van der Waals surface area (Å²) >= 11 is 6.09. The lowest BCUT2D eigenvalue weighted by Gasteiger charge is -2.25. The van der Waals surface area contributed by atoms with E-state index < -0.39 is 0 Å². The number of rotatable bonds is 3. The average Bonchev–Trinajstić information content (AvgIpc) is 3.16. The third kappa shape index (κ3) is 3.21. The molecule has 2 aromatic carbocycles. The maximum Gasteiger partial charge on any atom is 0.231 e. The average molecular weight is 355 g/mol. The van der Waals surface area contributed by atoms with Crippen LogP contribution < -0.4 is 10.1 Å². The van der Waals surface area contributed by atoms with Crippen LogP contribution in [0.1, 0.15) is 5.56 Å². The van der Waals surface area contributed by atoms with Gasteiger partial charge in [0.1, 0.15) is 25.0 Å². The zero-order valence-corrected chi connectivity index (χ0v) is 14.0. The molecule has 6 nitrogen and oxygen atoms in total. The Morgan fingerprint density at radius 3 is 3.00 bits per heavy atom. The number of aromatic nitrogens is 3. The Balaban J connectivity index is 1.57. The van der Waals surface area contributed by atoms with Crippen LogP contribution in [0, 0.1) is 5.92 Å². The van der Waals surface area contributed by atoms with Crippen molar-refractivity contribution in [3.8, 4) is 11.4 Å². The number of halogens is 1. The van der Waals surface area contributed by atoms with Crippen LogP contribution in [0.5, 0.6) is 5.75 Å². The highest BCUT2D eigenvalue weighted by atomic mass is 35.5. The van der Waals surface area contributed by atoms with Crippen LogP contribution in [0.3, 0.4) is 0 Å². The van der Waals surface area contributed by atoms with E-state index in [1.165, 1.54) is 6.33 Å². The summed E-state index contributed by atoms with van der Waals surface area (Å²) in [6.45, 7) is 0.349. The number of anilines is 1. The molecule has 0 saturated carbocycles. The van der Waals surface area contributed by atoms with Crippen molar-refractivity contribution in [1.82, 2.24) is 14.8 Å². The van der Waals surface area contributed by atoms with Crippen molar-refractivity contribution in [1.29, 1.82) is 0 Å². The van der Waals surface area contributed by atoms with Gasteiger partial charge in [0.2, 0.25) is 5.91 Å². The van der Waals surface area contributed by atoms with Gasteiger partial charge in [0.25, 0.3) is 0 Å². The highest BCUT2D eigenvalue weighted by molar-refractivity contribution is 6.31. The highest BCUT2D eigenvalue weighted by Crippen LogP contribution is 2.29. The monoisotopic (exact) mass is 354 g/mol. The molecule has 0 aliphatic carbocycles. The van der Waals surface area contributed by atoms with E-state index in [-0.39, 0.29) is 11.8 Å². The standard InChI is InChI=1S/C18H15ClN4O2/c19-14-5-6-16(23-11-20-10-21-23)15(8-14)22-18(24)13-7-12-3-1-2-4-17(12)25-9-13/h1-6,8,10-11,13H,7,9H2,(H,22,24). The van der Waals surface area contributed by atoms with Crippen LogP contribution >= 0.6 is 11.6 Å². The Bertz CT molecular complexity index is 911. The summed E-state index contributed by atoms with van der Waals surface area (Å²) in [5.41, 5.74) is 2.32. The Morgan fingerprint density at radius 2 is 2.16 bits per heavy atom. The molecule has 0 bridgehead atoms. The molecule has 1 amide bonds. The summed E-state index contributed by atoms with van der Waals surface area (Å²) in [6, 6.07) is 13.0. The SMILES string of the molecule is O=C(Nc1cc(Cl)ccc1-n1cncn1)C1COc2ccccc2C1. The minimum atomic E-state index is -0.266. The second-order valence-corrected chi connectivity index (χ2v) is 6.25. The van der Waals surface area contributed by atoms with E-state index in [0.717, 1.165) is 11.3 Å². The third-order valence-electron chi connectivity index (χ3n) is 4.13. The zero-order chi connectivity index (χ0) is 17.2. The number of carbonyl (C=O) groups is 1. The van der Waals surface area contributed by atoms with Gasteiger partial charge in [-0.1, -0.05) is 29.8 Å². The van der Waals surface area contributed by atoms with Crippen molar-refractivity contribution in [3.05, 3.63) is 65.7 Å². The fourth-order valence-corrected chi connectivity index (χ4v) is 3.04. The van der Waals surface area contributed by atoms with Gasteiger partial charge >= 0.3 is 0 Å². The molecular formula is C18H15ClN4O2. The molecule has 1 N–H and O–H groups in total. The maximum absolute atomic E-state index is 12.7. The number of hydrogen-bond donors (Lipinski definition) is 1. The van der Waals surface area contributed by atoms with E-state index in [2.05, 4.69) is 15.4 Å². The summed E-state index contributed by atoms with van der Waals surface area (Å²) in [4.78, 5) is 16.7. The van der Waals surface area contributed by atoms with Gasteiger partial charge in [0.05, 0.1) is 17.3 Å². The van der Waals surface area contributed by atoms with Crippen LogP contribution in [0.4, 0.5) is 5.69 Å². The van der Waals surface area contributed by atoms with E-state index in [9.17, 15) is 4.79 Å². The lowest BCUT2D eigenvalue weighted by Crippen LogP contribution is -2.32. The molecule has 126 valence electrons. The Morgan fingerprint density at radius 1 is 1.28 bits per heavy atom. The molecule has 1 aliphatic rings. The Hall–Kier alpha value is -2.86. The summed E-state index contributed by atoms with van der Waals surface area (Å²) in [5, 5.41) is 7.59. The number of amides is 1. The second kappa shape index (κ2) is 6.57.